The molecule has 0 saturated heterocycles. The molecule has 0 atom stereocenters. The van der Waals surface area contributed by atoms with Gasteiger partial charge in [-0.25, -0.2) is 4.98 Å². The molecule has 19 heavy (non-hydrogen) atoms. The summed E-state index contributed by atoms with van der Waals surface area (Å²) in [7, 11) is 0. The predicted octanol–water partition coefficient (Wildman–Crippen LogP) is 4.02. The number of anilines is 1. The first kappa shape index (κ1) is 13.8. The van der Waals surface area contributed by atoms with E-state index in [-0.39, 0.29) is 16.5 Å². The fourth-order valence-corrected chi connectivity index (χ4v) is 1.91. The number of rotatable bonds is 4. The first-order valence-electron chi connectivity index (χ1n) is 5.34. The molecule has 0 bridgehead atoms. The van der Waals surface area contributed by atoms with Crippen LogP contribution in [-0.2, 0) is 6.54 Å². The fraction of sp³-hybridized carbons (Fsp3) is 0.0833. The van der Waals surface area contributed by atoms with E-state index in [1.54, 1.807) is 0 Å². The molecular weight excluding hydrogens is 334 g/mol. The Kier molecular flexibility index (Phi) is 4.34. The summed E-state index contributed by atoms with van der Waals surface area (Å²) < 4.78 is 0.979. The van der Waals surface area contributed by atoms with E-state index in [1.165, 1.54) is 12.3 Å². The second-order valence-electron chi connectivity index (χ2n) is 3.76. The van der Waals surface area contributed by atoms with Crippen molar-refractivity contribution in [2.45, 2.75) is 6.54 Å². The first-order valence-corrected chi connectivity index (χ1v) is 6.51. The highest BCUT2D eigenvalue weighted by molar-refractivity contribution is 9.10. The van der Waals surface area contributed by atoms with E-state index < -0.39 is 4.92 Å². The summed E-state index contributed by atoms with van der Waals surface area (Å²) in [6, 6.07) is 8.91. The van der Waals surface area contributed by atoms with E-state index in [1.807, 2.05) is 24.3 Å². The maximum absolute atomic E-state index is 10.9. The monoisotopic (exact) mass is 341 g/mol. The maximum atomic E-state index is 10.9. The average molecular weight is 343 g/mol. The van der Waals surface area contributed by atoms with Crippen molar-refractivity contribution in [3.63, 3.8) is 0 Å². The molecule has 0 spiro atoms. The molecule has 7 heteroatoms. The summed E-state index contributed by atoms with van der Waals surface area (Å²) in [5.74, 6) is 0.206. The molecule has 0 amide bonds. The predicted molar refractivity (Wildman–Crippen MR) is 77.4 cm³/mol. The Morgan fingerprint density at radius 1 is 1.37 bits per heavy atom. The lowest BCUT2D eigenvalue weighted by Gasteiger charge is -2.06. The molecular formula is C12H9BrClN3O2. The Bertz CT molecular complexity index is 604. The second-order valence-corrected chi connectivity index (χ2v) is 5.11. The van der Waals surface area contributed by atoms with Crippen LogP contribution in [0.25, 0.3) is 0 Å². The molecule has 1 N–H and O–H groups in total. The lowest BCUT2D eigenvalue weighted by molar-refractivity contribution is -0.384. The van der Waals surface area contributed by atoms with Gasteiger partial charge in [0.25, 0.3) is 0 Å². The first-order chi connectivity index (χ1) is 9.06. The molecule has 0 unspecified atom stereocenters. The standard InChI is InChI=1S/C12H9BrClN3O2/c13-9-3-1-8(2-4-9)6-15-12-11(17(18)19)5-10(14)7-16-12/h1-5,7H,6H2,(H,15,16). The van der Waals surface area contributed by atoms with Crippen molar-refractivity contribution in [2.75, 3.05) is 5.32 Å². The van der Waals surface area contributed by atoms with E-state index in [0.29, 0.717) is 6.54 Å². The number of hydrogen-bond acceptors (Lipinski definition) is 4. The van der Waals surface area contributed by atoms with Gasteiger partial charge in [0.05, 0.1) is 9.95 Å². The van der Waals surface area contributed by atoms with Crippen LogP contribution in [0.2, 0.25) is 5.02 Å². The molecule has 0 aliphatic heterocycles. The zero-order valence-corrected chi connectivity index (χ0v) is 12.0. The Morgan fingerprint density at radius 2 is 2.05 bits per heavy atom. The third-order valence-corrected chi connectivity index (χ3v) is 3.14. The third-order valence-electron chi connectivity index (χ3n) is 2.40. The van der Waals surface area contributed by atoms with Crippen LogP contribution in [0.1, 0.15) is 5.56 Å². The number of pyridine rings is 1. The van der Waals surface area contributed by atoms with Gasteiger partial charge in [-0.2, -0.15) is 0 Å². The topological polar surface area (TPSA) is 68.1 Å². The van der Waals surface area contributed by atoms with Gasteiger partial charge in [0.1, 0.15) is 0 Å². The van der Waals surface area contributed by atoms with Gasteiger partial charge in [0.2, 0.25) is 5.82 Å². The van der Waals surface area contributed by atoms with Gasteiger partial charge in [0, 0.05) is 23.3 Å². The summed E-state index contributed by atoms with van der Waals surface area (Å²) in [5.41, 5.74) is 0.860. The minimum atomic E-state index is -0.511. The number of nitrogens with zero attached hydrogens (tertiary/aromatic N) is 2. The lowest BCUT2D eigenvalue weighted by Crippen LogP contribution is -2.04. The summed E-state index contributed by atoms with van der Waals surface area (Å²) in [6.07, 6.45) is 1.37. The maximum Gasteiger partial charge on any atom is 0.312 e. The highest BCUT2D eigenvalue weighted by Gasteiger charge is 2.15. The molecule has 1 aromatic carbocycles. The minimum Gasteiger partial charge on any atom is -0.360 e. The minimum absolute atomic E-state index is 0.135. The number of benzene rings is 1. The van der Waals surface area contributed by atoms with Crippen molar-refractivity contribution >= 4 is 39.0 Å². The van der Waals surface area contributed by atoms with Gasteiger partial charge >= 0.3 is 5.69 Å². The zero-order chi connectivity index (χ0) is 13.8. The second kappa shape index (κ2) is 5.99. The van der Waals surface area contributed by atoms with Crippen LogP contribution in [0.15, 0.2) is 41.0 Å². The molecule has 98 valence electrons. The summed E-state index contributed by atoms with van der Waals surface area (Å²) in [4.78, 5) is 14.3. The van der Waals surface area contributed by atoms with Crippen molar-refractivity contribution < 1.29 is 4.92 Å². The summed E-state index contributed by atoms with van der Waals surface area (Å²) in [5, 5.41) is 14.1. The molecule has 0 saturated carbocycles. The molecule has 0 aliphatic carbocycles. The van der Waals surface area contributed by atoms with E-state index in [2.05, 4.69) is 26.2 Å². The van der Waals surface area contributed by atoms with Crippen LogP contribution < -0.4 is 5.32 Å². The third kappa shape index (κ3) is 3.65. The average Bonchev–Trinajstić information content (AvgIpc) is 2.39. The van der Waals surface area contributed by atoms with E-state index in [0.717, 1.165) is 10.0 Å². The molecule has 5 nitrogen and oxygen atoms in total. The SMILES string of the molecule is O=[N+]([O-])c1cc(Cl)cnc1NCc1ccc(Br)cc1. The molecule has 0 aliphatic rings. The van der Waals surface area contributed by atoms with Crippen molar-refractivity contribution in [1.29, 1.82) is 0 Å². The van der Waals surface area contributed by atoms with Gasteiger partial charge in [0.15, 0.2) is 0 Å². The molecule has 2 rings (SSSR count). The molecule has 0 fully saturated rings. The Labute approximate surface area is 122 Å². The van der Waals surface area contributed by atoms with Crippen LogP contribution in [0, 0.1) is 10.1 Å². The van der Waals surface area contributed by atoms with Crippen LogP contribution in [0.5, 0.6) is 0 Å². The van der Waals surface area contributed by atoms with E-state index in [9.17, 15) is 10.1 Å². The highest BCUT2D eigenvalue weighted by Crippen LogP contribution is 2.25. The van der Waals surface area contributed by atoms with Gasteiger partial charge in [-0.15, -0.1) is 0 Å². The molecule has 1 aromatic heterocycles. The summed E-state index contributed by atoms with van der Waals surface area (Å²) in [6.45, 7) is 0.447. The Morgan fingerprint density at radius 3 is 2.68 bits per heavy atom. The van der Waals surface area contributed by atoms with Crippen molar-refractivity contribution in [2.24, 2.45) is 0 Å². The zero-order valence-electron chi connectivity index (χ0n) is 9.64. The van der Waals surface area contributed by atoms with Crippen LogP contribution in [0.4, 0.5) is 11.5 Å². The lowest BCUT2D eigenvalue weighted by atomic mass is 10.2. The Balaban J connectivity index is 2.15. The van der Waals surface area contributed by atoms with E-state index >= 15 is 0 Å². The number of aromatic nitrogens is 1. The smallest absolute Gasteiger partial charge is 0.312 e. The van der Waals surface area contributed by atoms with E-state index in [4.69, 9.17) is 11.6 Å². The number of halogens is 2. The van der Waals surface area contributed by atoms with Gasteiger partial charge in [-0.05, 0) is 17.7 Å². The largest absolute Gasteiger partial charge is 0.360 e. The highest BCUT2D eigenvalue weighted by atomic mass is 79.9. The van der Waals surface area contributed by atoms with Crippen molar-refractivity contribution in [1.82, 2.24) is 4.98 Å². The molecule has 1 heterocycles. The Hall–Kier alpha value is -1.66. The normalized spacial score (nSPS) is 10.2. The fourth-order valence-electron chi connectivity index (χ4n) is 1.49. The van der Waals surface area contributed by atoms with Crippen LogP contribution >= 0.6 is 27.5 Å². The quantitative estimate of drug-likeness (QED) is 0.673. The number of nitro groups is 1. The van der Waals surface area contributed by atoms with Crippen molar-refractivity contribution in [3.8, 4) is 0 Å². The summed E-state index contributed by atoms with van der Waals surface area (Å²) >= 11 is 9.04. The van der Waals surface area contributed by atoms with Gasteiger partial charge < -0.3 is 5.32 Å². The van der Waals surface area contributed by atoms with Crippen LogP contribution in [-0.4, -0.2) is 9.91 Å². The molecule has 2 aromatic rings. The number of hydrogen-bond donors (Lipinski definition) is 1. The van der Waals surface area contributed by atoms with Crippen molar-refractivity contribution in [3.05, 3.63) is 61.7 Å². The number of nitrogens with one attached hydrogen (secondary N) is 1. The van der Waals surface area contributed by atoms with Gasteiger partial charge in [-0.1, -0.05) is 39.7 Å². The van der Waals surface area contributed by atoms with Crippen LogP contribution in [0.3, 0.4) is 0 Å². The van der Waals surface area contributed by atoms with Gasteiger partial charge in [-0.3, -0.25) is 10.1 Å². The molecule has 0 radical (unpaired) electrons.